The Labute approximate surface area is 211 Å². The van der Waals surface area contributed by atoms with Gasteiger partial charge in [0.1, 0.15) is 6.10 Å². The van der Waals surface area contributed by atoms with Crippen LogP contribution in [-0.2, 0) is 19.2 Å². The van der Waals surface area contributed by atoms with Gasteiger partial charge < -0.3 is 30.2 Å². The number of aliphatic hydroxyl groups is 3. The van der Waals surface area contributed by atoms with E-state index in [4.69, 9.17) is 4.74 Å². The zero-order valence-corrected chi connectivity index (χ0v) is 21.5. The van der Waals surface area contributed by atoms with Crippen LogP contribution in [0.5, 0.6) is 0 Å². The van der Waals surface area contributed by atoms with Gasteiger partial charge in [-0.1, -0.05) is 39.0 Å². The predicted octanol–water partition coefficient (Wildman–Crippen LogP) is -1.82. The smallest absolute Gasteiger partial charge is 0.662 e. The molecule has 8 nitrogen and oxygen atoms in total. The molecule has 0 fully saturated rings. The van der Waals surface area contributed by atoms with E-state index in [1.165, 1.54) is 0 Å². The molecule has 2 aliphatic carbocycles. The molecule has 0 heterocycles. The van der Waals surface area contributed by atoms with Gasteiger partial charge in [0, 0.05) is 12.3 Å². The van der Waals surface area contributed by atoms with E-state index in [0.29, 0.717) is 25.7 Å². The maximum Gasteiger partial charge on any atom is 1.00 e. The van der Waals surface area contributed by atoms with E-state index in [1.54, 1.807) is 0 Å². The quantitative estimate of drug-likeness (QED) is 0.149. The van der Waals surface area contributed by atoms with Crippen molar-refractivity contribution in [3.05, 3.63) is 23.8 Å². The minimum absolute atomic E-state index is 0. The van der Waals surface area contributed by atoms with Gasteiger partial charge in [-0.25, -0.2) is 0 Å². The molecule has 0 aromatic carbocycles. The van der Waals surface area contributed by atoms with Crippen LogP contribution >= 0.6 is 0 Å². The Bertz CT molecular complexity index is 679. The van der Waals surface area contributed by atoms with Crippen molar-refractivity contribution in [2.75, 3.05) is 0 Å². The third kappa shape index (κ3) is 8.24. The third-order valence-electron chi connectivity index (χ3n) is 6.53. The first-order valence-electron chi connectivity index (χ1n) is 11.1. The molecule has 0 aromatic heterocycles. The molecule has 3 N–H and O–H groups in total. The second-order valence-electron chi connectivity index (χ2n) is 8.94. The fourth-order valence-corrected chi connectivity index (χ4v) is 4.55. The standard InChI is InChI=1S/C23H36O8.Na/c1-4-13(2)23(28)30-20-11-17(25)9-15-6-5-14(3)19(22(15)20)8-7-16(24)10-18(26)12-21(27)31-29;/h5-6,9,13-14,16-20,22,24-26,29H,4,7-8,10-12H2,1-3H3;/q;+1/p-1/t13-,14-,16+,17+,18+,19-,20-,22-;/m0./s1. The van der Waals surface area contributed by atoms with Gasteiger partial charge in [0.15, 0.2) is 0 Å². The number of fused-ring (bicyclic) bond motifs is 1. The first kappa shape index (κ1) is 29.3. The minimum atomic E-state index is -1.15. The molecule has 0 saturated carbocycles. The molecule has 0 spiro atoms. The summed E-state index contributed by atoms with van der Waals surface area (Å²) in [6, 6.07) is 0. The maximum atomic E-state index is 12.4. The largest absolute Gasteiger partial charge is 1.00 e. The van der Waals surface area contributed by atoms with E-state index in [9.17, 15) is 30.2 Å². The van der Waals surface area contributed by atoms with Crippen molar-refractivity contribution in [2.45, 2.75) is 83.7 Å². The molecule has 0 aliphatic heterocycles. The predicted molar refractivity (Wildman–Crippen MR) is 110 cm³/mol. The molecule has 176 valence electrons. The van der Waals surface area contributed by atoms with Crippen molar-refractivity contribution in [1.82, 2.24) is 0 Å². The first-order valence-corrected chi connectivity index (χ1v) is 11.1. The van der Waals surface area contributed by atoms with Crippen LogP contribution in [0.3, 0.4) is 0 Å². The SMILES string of the molecule is CC[C@H](C)C(=O)O[C@H]1C[C@H](O)C=C2C=C[C@H](C)[C@H](CC[C@@H](O)C[C@@H](O)CC(=O)O[O-])[C@H]21.[Na+]. The molecule has 2 aliphatic rings. The summed E-state index contributed by atoms with van der Waals surface area (Å²) in [7, 11) is 0. The van der Waals surface area contributed by atoms with Gasteiger partial charge >= 0.3 is 41.5 Å². The van der Waals surface area contributed by atoms with E-state index < -0.39 is 36.8 Å². The number of aliphatic hydroxyl groups excluding tert-OH is 3. The van der Waals surface area contributed by atoms with Crippen LogP contribution in [0.2, 0.25) is 0 Å². The van der Waals surface area contributed by atoms with E-state index in [2.05, 4.69) is 17.9 Å². The summed E-state index contributed by atoms with van der Waals surface area (Å²) < 4.78 is 5.83. The van der Waals surface area contributed by atoms with Crippen molar-refractivity contribution in [3.8, 4) is 0 Å². The van der Waals surface area contributed by atoms with Crippen LogP contribution in [0.15, 0.2) is 23.8 Å². The van der Waals surface area contributed by atoms with Gasteiger partial charge in [0.2, 0.25) is 0 Å². The van der Waals surface area contributed by atoms with Gasteiger partial charge in [0.05, 0.1) is 30.7 Å². The number of hydrogen-bond donors (Lipinski definition) is 3. The van der Waals surface area contributed by atoms with E-state index in [1.807, 2.05) is 26.0 Å². The van der Waals surface area contributed by atoms with Crippen LogP contribution in [0.4, 0.5) is 0 Å². The van der Waals surface area contributed by atoms with Crippen molar-refractivity contribution in [1.29, 1.82) is 0 Å². The van der Waals surface area contributed by atoms with Gasteiger partial charge in [-0.2, -0.15) is 0 Å². The molecule has 0 radical (unpaired) electrons. The molecule has 0 amide bonds. The summed E-state index contributed by atoms with van der Waals surface area (Å²) in [5.41, 5.74) is 0.941. The maximum absolute atomic E-state index is 12.4. The molecule has 8 atom stereocenters. The molecule has 0 aromatic rings. The summed E-state index contributed by atoms with van der Waals surface area (Å²) in [5, 5.41) is 40.5. The Morgan fingerprint density at radius 2 is 1.97 bits per heavy atom. The summed E-state index contributed by atoms with van der Waals surface area (Å²) >= 11 is 0. The van der Waals surface area contributed by atoms with Gasteiger partial charge in [0.25, 0.3) is 0 Å². The van der Waals surface area contributed by atoms with Crippen LogP contribution < -0.4 is 34.8 Å². The molecule has 0 bridgehead atoms. The monoisotopic (exact) mass is 462 g/mol. The molecule has 9 heteroatoms. The molecule has 0 unspecified atom stereocenters. The Morgan fingerprint density at radius 3 is 2.59 bits per heavy atom. The molecular weight excluding hydrogens is 427 g/mol. The zero-order valence-electron chi connectivity index (χ0n) is 19.5. The molecule has 2 rings (SSSR count). The number of ether oxygens (including phenoxy) is 1. The number of carbonyl (C=O) groups is 2. The van der Waals surface area contributed by atoms with Gasteiger partial charge in [-0.3, -0.25) is 9.59 Å². The fraction of sp³-hybridized carbons (Fsp3) is 0.739. The molecule has 0 saturated heterocycles. The van der Waals surface area contributed by atoms with E-state index in [-0.39, 0.29) is 65.6 Å². The van der Waals surface area contributed by atoms with E-state index >= 15 is 0 Å². The van der Waals surface area contributed by atoms with Crippen LogP contribution in [0.1, 0.15) is 59.3 Å². The Hall–Kier alpha value is -0.740. The summed E-state index contributed by atoms with van der Waals surface area (Å²) in [6.45, 7) is 5.82. The number of hydrogen-bond acceptors (Lipinski definition) is 8. The van der Waals surface area contributed by atoms with Crippen molar-refractivity contribution in [2.24, 2.45) is 23.7 Å². The number of rotatable bonds is 10. The summed E-state index contributed by atoms with van der Waals surface area (Å²) in [6.07, 6.45) is 4.24. The average molecular weight is 463 g/mol. The van der Waals surface area contributed by atoms with Crippen molar-refractivity contribution in [3.63, 3.8) is 0 Å². The van der Waals surface area contributed by atoms with Gasteiger partial charge in [-0.05, 0) is 43.1 Å². The van der Waals surface area contributed by atoms with Crippen LogP contribution in [0, 0.1) is 23.7 Å². The third-order valence-corrected chi connectivity index (χ3v) is 6.53. The fourth-order valence-electron chi connectivity index (χ4n) is 4.55. The first-order chi connectivity index (χ1) is 14.7. The Balaban J connectivity index is 0.00000512. The summed E-state index contributed by atoms with van der Waals surface area (Å²) in [5.74, 6) is -1.37. The summed E-state index contributed by atoms with van der Waals surface area (Å²) in [4.78, 5) is 26.7. The minimum Gasteiger partial charge on any atom is -0.662 e. The Kier molecular flexibility index (Phi) is 12.7. The number of carbonyl (C=O) groups excluding carboxylic acids is 2. The topological polar surface area (TPSA) is 136 Å². The second-order valence-corrected chi connectivity index (χ2v) is 8.94. The number of esters is 1. The van der Waals surface area contributed by atoms with Crippen molar-refractivity contribution < 1.29 is 69.3 Å². The van der Waals surface area contributed by atoms with E-state index in [0.717, 1.165) is 5.57 Å². The number of allylic oxidation sites excluding steroid dienone is 2. The molecule has 32 heavy (non-hydrogen) atoms. The van der Waals surface area contributed by atoms with Crippen molar-refractivity contribution >= 4 is 11.9 Å². The normalized spacial score (nSPS) is 29.6. The molecular formula is C23H35NaO8. The van der Waals surface area contributed by atoms with Crippen LogP contribution in [0.25, 0.3) is 0 Å². The van der Waals surface area contributed by atoms with Gasteiger partial charge in [-0.15, -0.1) is 0 Å². The average Bonchev–Trinajstić information content (AvgIpc) is 2.72. The second kappa shape index (κ2) is 13.8. The Morgan fingerprint density at radius 1 is 1.28 bits per heavy atom. The zero-order chi connectivity index (χ0) is 23.1. The van der Waals surface area contributed by atoms with Crippen LogP contribution in [-0.4, -0.2) is 51.7 Å².